The minimum Gasteiger partial charge on any atom is -0.304 e. The molecule has 0 spiro atoms. The predicted octanol–water partition coefficient (Wildman–Crippen LogP) is 3.17. The van der Waals surface area contributed by atoms with E-state index >= 15 is 0 Å². The lowest BCUT2D eigenvalue weighted by Gasteiger charge is -2.31. The number of aromatic nitrogens is 2. The van der Waals surface area contributed by atoms with E-state index in [0.717, 1.165) is 37.7 Å². The second-order valence-corrected chi connectivity index (χ2v) is 7.80. The SMILES string of the molecule is CC#CCOOOO.CN1CCN(Cc2cn3cc(-c4ccccc4)sc3n2)CC1. The summed E-state index contributed by atoms with van der Waals surface area (Å²) < 4.78 is 2.17. The molecular formula is C21H26N4O4S. The second kappa shape index (κ2) is 11.8. The Hall–Kier alpha value is -2.29. The van der Waals surface area contributed by atoms with Gasteiger partial charge >= 0.3 is 0 Å². The minimum absolute atomic E-state index is 0.0804. The van der Waals surface area contributed by atoms with Crippen LogP contribution in [0.25, 0.3) is 15.4 Å². The zero-order valence-electron chi connectivity index (χ0n) is 17.2. The number of rotatable bonds is 6. The van der Waals surface area contributed by atoms with Crippen LogP contribution < -0.4 is 0 Å². The first-order valence-electron chi connectivity index (χ1n) is 9.62. The third-order valence-corrected chi connectivity index (χ3v) is 5.68. The smallest absolute Gasteiger partial charge is 0.194 e. The first-order chi connectivity index (χ1) is 14.7. The molecule has 0 radical (unpaired) electrons. The molecule has 1 aliphatic heterocycles. The van der Waals surface area contributed by atoms with Crippen LogP contribution in [0.2, 0.25) is 0 Å². The van der Waals surface area contributed by atoms with Crippen molar-refractivity contribution in [3.05, 3.63) is 48.4 Å². The van der Waals surface area contributed by atoms with Gasteiger partial charge in [-0.05, 0) is 29.6 Å². The van der Waals surface area contributed by atoms with Crippen molar-refractivity contribution in [3.8, 4) is 22.3 Å². The van der Waals surface area contributed by atoms with E-state index in [9.17, 15) is 0 Å². The number of hydrogen-bond donors (Lipinski definition) is 1. The van der Waals surface area contributed by atoms with Gasteiger partial charge in [0.25, 0.3) is 0 Å². The van der Waals surface area contributed by atoms with Gasteiger partial charge in [-0.2, -0.15) is 4.89 Å². The molecule has 0 aliphatic carbocycles. The molecule has 30 heavy (non-hydrogen) atoms. The monoisotopic (exact) mass is 430 g/mol. The molecular weight excluding hydrogens is 404 g/mol. The Bertz CT molecular complexity index is 924. The van der Waals surface area contributed by atoms with E-state index < -0.39 is 0 Å². The fourth-order valence-electron chi connectivity index (χ4n) is 3.04. The Morgan fingerprint density at radius 1 is 1.13 bits per heavy atom. The topological polar surface area (TPSA) is 71.7 Å². The van der Waals surface area contributed by atoms with E-state index in [4.69, 9.17) is 10.2 Å². The van der Waals surface area contributed by atoms with Crippen LogP contribution in [0.4, 0.5) is 0 Å². The van der Waals surface area contributed by atoms with Crippen LogP contribution in [0.15, 0.2) is 42.7 Å². The molecule has 9 heteroatoms. The van der Waals surface area contributed by atoms with Crippen LogP contribution in [0.5, 0.6) is 0 Å². The summed E-state index contributed by atoms with van der Waals surface area (Å²) in [6.07, 6.45) is 4.37. The van der Waals surface area contributed by atoms with Gasteiger partial charge in [-0.3, -0.25) is 9.30 Å². The largest absolute Gasteiger partial charge is 0.304 e. The molecule has 0 saturated carbocycles. The summed E-state index contributed by atoms with van der Waals surface area (Å²) in [5, 5.41) is 14.2. The summed E-state index contributed by atoms with van der Waals surface area (Å²) in [7, 11) is 2.19. The number of thiazole rings is 1. The average molecular weight is 431 g/mol. The predicted molar refractivity (Wildman–Crippen MR) is 115 cm³/mol. The molecule has 3 aromatic rings. The zero-order chi connectivity index (χ0) is 21.2. The quantitative estimate of drug-likeness (QED) is 0.279. The van der Waals surface area contributed by atoms with Gasteiger partial charge in [0, 0.05) is 45.1 Å². The van der Waals surface area contributed by atoms with Gasteiger partial charge in [-0.25, -0.2) is 10.2 Å². The van der Waals surface area contributed by atoms with Crippen LogP contribution in [-0.2, 0) is 21.5 Å². The molecule has 1 fully saturated rings. The van der Waals surface area contributed by atoms with Gasteiger partial charge in [-0.1, -0.05) is 47.6 Å². The number of nitrogens with zero attached hydrogens (tertiary/aromatic N) is 4. The van der Waals surface area contributed by atoms with Gasteiger partial charge in [0.05, 0.1) is 10.6 Å². The second-order valence-electron chi connectivity index (χ2n) is 6.79. The fraction of sp³-hybridized carbons (Fsp3) is 0.381. The maximum absolute atomic E-state index is 7.47. The number of likely N-dealkylation sites (N-methyl/N-ethyl adjacent to an activating group) is 1. The molecule has 0 atom stereocenters. The van der Waals surface area contributed by atoms with E-state index in [1.54, 1.807) is 18.3 Å². The Morgan fingerprint density at radius 2 is 1.90 bits per heavy atom. The maximum atomic E-state index is 7.47. The molecule has 0 bridgehead atoms. The third-order valence-electron chi connectivity index (χ3n) is 4.63. The molecule has 2 aromatic heterocycles. The lowest BCUT2D eigenvalue weighted by Crippen LogP contribution is -2.43. The Kier molecular flexibility index (Phi) is 8.80. The fourth-order valence-corrected chi connectivity index (χ4v) is 4.03. The van der Waals surface area contributed by atoms with Crippen molar-refractivity contribution in [2.24, 2.45) is 0 Å². The summed E-state index contributed by atoms with van der Waals surface area (Å²) in [5.74, 6) is 5.03. The summed E-state index contributed by atoms with van der Waals surface area (Å²) in [4.78, 5) is 16.1. The molecule has 4 rings (SSSR count). The van der Waals surface area contributed by atoms with Crippen molar-refractivity contribution in [3.63, 3.8) is 0 Å². The van der Waals surface area contributed by atoms with E-state index in [2.05, 4.69) is 90.8 Å². The van der Waals surface area contributed by atoms with E-state index in [0.29, 0.717) is 0 Å². The van der Waals surface area contributed by atoms with Crippen molar-refractivity contribution in [1.82, 2.24) is 19.2 Å². The molecule has 1 aromatic carbocycles. The van der Waals surface area contributed by atoms with Gasteiger partial charge in [0.2, 0.25) is 0 Å². The molecule has 1 saturated heterocycles. The average Bonchev–Trinajstić information content (AvgIpc) is 3.33. The van der Waals surface area contributed by atoms with Gasteiger partial charge in [0.15, 0.2) is 4.96 Å². The molecule has 0 unspecified atom stereocenters. The number of fused-ring (bicyclic) bond motifs is 1. The summed E-state index contributed by atoms with van der Waals surface area (Å²) >= 11 is 1.76. The van der Waals surface area contributed by atoms with E-state index in [-0.39, 0.29) is 6.61 Å². The molecule has 160 valence electrons. The number of piperazine rings is 1. The van der Waals surface area contributed by atoms with Gasteiger partial charge in [-0.15, -0.1) is 5.92 Å². The lowest BCUT2D eigenvalue weighted by atomic mass is 10.2. The Labute approximate surface area is 180 Å². The molecule has 3 heterocycles. The molecule has 1 aliphatic rings. The highest BCUT2D eigenvalue weighted by Crippen LogP contribution is 2.28. The summed E-state index contributed by atoms with van der Waals surface area (Å²) in [5.41, 5.74) is 2.44. The summed E-state index contributed by atoms with van der Waals surface area (Å²) in [6, 6.07) is 10.5. The van der Waals surface area contributed by atoms with Crippen LogP contribution in [0.1, 0.15) is 12.6 Å². The normalized spacial score (nSPS) is 14.8. The first-order valence-corrected chi connectivity index (χ1v) is 10.4. The van der Waals surface area contributed by atoms with Crippen LogP contribution in [0.3, 0.4) is 0 Å². The number of benzene rings is 1. The van der Waals surface area contributed by atoms with Gasteiger partial charge < -0.3 is 4.90 Å². The van der Waals surface area contributed by atoms with E-state index in [1.807, 2.05) is 0 Å². The Balaban J connectivity index is 0.000000275. The maximum Gasteiger partial charge on any atom is 0.194 e. The highest BCUT2D eigenvalue weighted by molar-refractivity contribution is 7.20. The first kappa shape index (κ1) is 22.4. The highest BCUT2D eigenvalue weighted by atomic mass is 32.1. The van der Waals surface area contributed by atoms with Crippen molar-refractivity contribution in [1.29, 1.82) is 0 Å². The van der Waals surface area contributed by atoms with Crippen molar-refractivity contribution in [2.75, 3.05) is 39.8 Å². The standard InChI is InChI=1S/C17H20N4S.C4H6O4/c1-19-7-9-20(10-8-19)11-15-12-21-13-16(22-17(21)18-15)14-5-3-2-4-6-14;1-2-3-4-6-8-7-5/h2-6,12-13H,7-11H2,1H3;5H,4H2,1H3. The minimum atomic E-state index is 0.0804. The van der Waals surface area contributed by atoms with E-state index in [1.165, 1.54) is 16.1 Å². The molecule has 1 N–H and O–H groups in total. The molecule has 0 amide bonds. The zero-order valence-corrected chi connectivity index (χ0v) is 18.0. The number of hydrogen-bond acceptors (Lipinski definition) is 8. The number of imidazole rings is 1. The highest BCUT2D eigenvalue weighted by Gasteiger charge is 2.16. The lowest BCUT2D eigenvalue weighted by molar-refractivity contribution is -0.620. The third kappa shape index (κ3) is 6.62. The van der Waals surface area contributed by atoms with Crippen molar-refractivity contribution >= 4 is 16.3 Å². The van der Waals surface area contributed by atoms with Crippen LogP contribution in [-0.4, -0.2) is 64.3 Å². The van der Waals surface area contributed by atoms with Crippen LogP contribution >= 0.6 is 11.3 Å². The molecule has 8 nitrogen and oxygen atoms in total. The Morgan fingerprint density at radius 3 is 2.57 bits per heavy atom. The van der Waals surface area contributed by atoms with Crippen LogP contribution in [0, 0.1) is 11.8 Å². The summed E-state index contributed by atoms with van der Waals surface area (Å²) in [6.45, 7) is 7.28. The van der Waals surface area contributed by atoms with Gasteiger partial charge in [0.1, 0.15) is 6.61 Å². The van der Waals surface area contributed by atoms with Crippen molar-refractivity contribution in [2.45, 2.75) is 13.5 Å². The van der Waals surface area contributed by atoms with Crippen molar-refractivity contribution < 1.29 is 20.2 Å².